The monoisotopic (exact) mass is 350 g/mol. The number of nitro benzene ring substituents is 1. The molecule has 0 spiro atoms. The Balaban J connectivity index is 2.81. The maximum Gasteiger partial charge on any atom is 0.270 e. The number of hydrogen-bond acceptors (Lipinski definition) is 4. The Labute approximate surface area is 114 Å². The van der Waals surface area contributed by atoms with Crippen LogP contribution in [0.3, 0.4) is 0 Å². The third-order valence-corrected chi connectivity index (χ3v) is 3.39. The van der Waals surface area contributed by atoms with Crippen LogP contribution < -0.4 is 5.32 Å². The molecule has 5 nitrogen and oxygen atoms in total. The quantitative estimate of drug-likeness (QED) is 0.470. The molecule has 0 heterocycles. The molecule has 2 N–H and O–H groups in total. The van der Waals surface area contributed by atoms with Crippen LogP contribution in [0.15, 0.2) is 18.2 Å². The molecule has 0 aromatic heterocycles. The molecule has 1 rings (SSSR count). The van der Waals surface area contributed by atoms with E-state index in [1.165, 1.54) is 12.1 Å². The molecule has 94 valence electrons. The van der Waals surface area contributed by atoms with Crippen molar-refractivity contribution in [3.63, 3.8) is 0 Å². The number of nitro groups is 1. The van der Waals surface area contributed by atoms with Gasteiger partial charge in [0, 0.05) is 34.0 Å². The van der Waals surface area contributed by atoms with Crippen molar-refractivity contribution in [1.29, 1.82) is 0 Å². The van der Waals surface area contributed by atoms with Crippen molar-refractivity contribution in [3.05, 3.63) is 31.9 Å². The van der Waals surface area contributed by atoms with Crippen molar-refractivity contribution >= 4 is 34.0 Å². The molecule has 0 fully saturated rings. The SMILES string of the molecule is CCC(CCO)Nc1ccc([N+](=O)[O-])cc1I. The molecule has 0 bridgehead atoms. The van der Waals surface area contributed by atoms with Gasteiger partial charge in [0.2, 0.25) is 0 Å². The molecule has 0 aliphatic carbocycles. The van der Waals surface area contributed by atoms with E-state index in [-0.39, 0.29) is 18.3 Å². The third-order valence-electron chi connectivity index (χ3n) is 2.49. The second kappa shape index (κ2) is 6.75. The lowest BCUT2D eigenvalue weighted by Crippen LogP contribution is -2.20. The minimum Gasteiger partial charge on any atom is -0.396 e. The van der Waals surface area contributed by atoms with Crippen LogP contribution in [-0.2, 0) is 0 Å². The predicted molar refractivity (Wildman–Crippen MR) is 75.2 cm³/mol. The van der Waals surface area contributed by atoms with Crippen molar-refractivity contribution in [2.45, 2.75) is 25.8 Å². The summed E-state index contributed by atoms with van der Waals surface area (Å²) in [5, 5.41) is 22.8. The number of aliphatic hydroxyl groups excluding tert-OH is 1. The van der Waals surface area contributed by atoms with E-state index in [9.17, 15) is 10.1 Å². The van der Waals surface area contributed by atoms with E-state index in [0.29, 0.717) is 6.42 Å². The average molecular weight is 350 g/mol. The van der Waals surface area contributed by atoms with Crippen molar-refractivity contribution < 1.29 is 10.0 Å². The summed E-state index contributed by atoms with van der Waals surface area (Å²) >= 11 is 2.07. The lowest BCUT2D eigenvalue weighted by atomic mass is 10.1. The van der Waals surface area contributed by atoms with Crippen LogP contribution in [-0.4, -0.2) is 22.7 Å². The van der Waals surface area contributed by atoms with E-state index >= 15 is 0 Å². The fraction of sp³-hybridized carbons (Fsp3) is 0.455. The minimum atomic E-state index is -0.406. The van der Waals surface area contributed by atoms with Gasteiger partial charge in [-0.2, -0.15) is 0 Å². The molecular weight excluding hydrogens is 335 g/mol. The summed E-state index contributed by atoms with van der Waals surface area (Å²) in [6, 6.07) is 4.92. The van der Waals surface area contributed by atoms with Gasteiger partial charge < -0.3 is 10.4 Å². The zero-order valence-corrected chi connectivity index (χ0v) is 11.7. The van der Waals surface area contributed by atoms with E-state index in [2.05, 4.69) is 27.9 Å². The highest BCUT2D eigenvalue weighted by Crippen LogP contribution is 2.24. The molecule has 1 aromatic rings. The second-order valence-corrected chi connectivity index (χ2v) is 4.85. The van der Waals surface area contributed by atoms with Gasteiger partial charge in [0.05, 0.1) is 4.92 Å². The zero-order chi connectivity index (χ0) is 12.8. The summed E-state index contributed by atoms with van der Waals surface area (Å²) < 4.78 is 0.813. The average Bonchev–Trinajstić information content (AvgIpc) is 2.30. The molecule has 0 radical (unpaired) electrons. The van der Waals surface area contributed by atoms with Crippen LogP contribution in [0.1, 0.15) is 19.8 Å². The lowest BCUT2D eigenvalue weighted by molar-refractivity contribution is -0.384. The molecule has 0 saturated carbocycles. The number of aliphatic hydroxyl groups is 1. The molecule has 6 heteroatoms. The Morgan fingerprint density at radius 1 is 1.59 bits per heavy atom. The number of halogens is 1. The number of non-ortho nitro benzene ring substituents is 1. The second-order valence-electron chi connectivity index (χ2n) is 3.68. The van der Waals surface area contributed by atoms with Crippen LogP contribution in [0.5, 0.6) is 0 Å². The summed E-state index contributed by atoms with van der Waals surface area (Å²) in [5.74, 6) is 0. The molecule has 1 aromatic carbocycles. The summed E-state index contributed by atoms with van der Waals surface area (Å²) in [5.41, 5.74) is 0.964. The standard InChI is InChI=1S/C11H15IN2O3/c1-2-8(5-6-15)13-11-4-3-9(14(16)17)7-10(11)12/h3-4,7-8,13,15H,2,5-6H2,1H3. The van der Waals surface area contributed by atoms with Crippen LogP contribution in [0, 0.1) is 13.7 Å². The number of rotatable bonds is 6. The van der Waals surface area contributed by atoms with E-state index in [4.69, 9.17) is 5.11 Å². The number of nitrogens with zero attached hydrogens (tertiary/aromatic N) is 1. The molecule has 0 saturated heterocycles. The first-order valence-corrected chi connectivity index (χ1v) is 6.47. The zero-order valence-electron chi connectivity index (χ0n) is 9.52. The first-order chi connectivity index (χ1) is 8.08. The first kappa shape index (κ1) is 14.2. The third kappa shape index (κ3) is 4.12. The van der Waals surface area contributed by atoms with Gasteiger partial charge in [0.25, 0.3) is 5.69 Å². The molecule has 0 aliphatic rings. The van der Waals surface area contributed by atoms with E-state index < -0.39 is 4.92 Å². The summed E-state index contributed by atoms with van der Waals surface area (Å²) in [7, 11) is 0. The Hall–Kier alpha value is -0.890. The summed E-state index contributed by atoms with van der Waals surface area (Å²) in [6.45, 7) is 2.17. The Bertz CT molecular complexity index is 398. The topological polar surface area (TPSA) is 75.4 Å². The van der Waals surface area contributed by atoms with Crippen LogP contribution >= 0.6 is 22.6 Å². The van der Waals surface area contributed by atoms with Crippen LogP contribution in [0.2, 0.25) is 0 Å². The molecule has 1 unspecified atom stereocenters. The largest absolute Gasteiger partial charge is 0.396 e. The number of hydrogen-bond donors (Lipinski definition) is 2. The first-order valence-electron chi connectivity index (χ1n) is 5.39. The fourth-order valence-electron chi connectivity index (χ4n) is 1.49. The highest BCUT2D eigenvalue weighted by Gasteiger charge is 2.11. The van der Waals surface area contributed by atoms with Crippen molar-refractivity contribution in [1.82, 2.24) is 0 Å². The lowest BCUT2D eigenvalue weighted by Gasteiger charge is -2.18. The maximum atomic E-state index is 10.6. The van der Waals surface area contributed by atoms with Gasteiger partial charge in [-0.1, -0.05) is 6.92 Å². The summed E-state index contributed by atoms with van der Waals surface area (Å²) in [4.78, 5) is 10.2. The molecule has 1 atom stereocenters. The minimum absolute atomic E-state index is 0.0927. The van der Waals surface area contributed by atoms with Gasteiger partial charge in [-0.25, -0.2) is 0 Å². The molecule has 0 amide bonds. The maximum absolute atomic E-state index is 10.6. The van der Waals surface area contributed by atoms with Crippen molar-refractivity contribution in [2.24, 2.45) is 0 Å². The molecular formula is C11H15IN2O3. The van der Waals surface area contributed by atoms with E-state index in [1.807, 2.05) is 6.92 Å². The number of nitrogens with one attached hydrogen (secondary N) is 1. The van der Waals surface area contributed by atoms with Gasteiger partial charge in [-0.3, -0.25) is 10.1 Å². The molecule has 0 aliphatic heterocycles. The van der Waals surface area contributed by atoms with Gasteiger partial charge in [0.15, 0.2) is 0 Å². The Kier molecular flexibility index (Phi) is 5.63. The van der Waals surface area contributed by atoms with Gasteiger partial charge >= 0.3 is 0 Å². The Morgan fingerprint density at radius 2 is 2.29 bits per heavy atom. The summed E-state index contributed by atoms with van der Waals surface area (Å²) in [6.07, 6.45) is 1.57. The van der Waals surface area contributed by atoms with Gasteiger partial charge in [0.1, 0.15) is 0 Å². The van der Waals surface area contributed by atoms with Crippen molar-refractivity contribution in [3.8, 4) is 0 Å². The van der Waals surface area contributed by atoms with E-state index in [1.54, 1.807) is 6.07 Å². The van der Waals surface area contributed by atoms with Crippen LogP contribution in [0.25, 0.3) is 0 Å². The normalized spacial score (nSPS) is 12.2. The highest BCUT2D eigenvalue weighted by atomic mass is 127. The predicted octanol–water partition coefficient (Wildman–Crippen LogP) is 2.77. The fourth-order valence-corrected chi connectivity index (χ4v) is 2.14. The number of anilines is 1. The van der Waals surface area contributed by atoms with Crippen LogP contribution in [0.4, 0.5) is 11.4 Å². The van der Waals surface area contributed by atoms with Crippen molar-refractivity contribution in [2.75, 3.05) is 11.9 Å². The Morgan fingerprint density at radius 3 is 2.76 bits per heavy atom. The highest BCUT2D eigenvalue weighted by molar-refractivity contribution is 14.1. The molecule has 17 heavy (non-hydrogen) atoms. The smallest absolute Gasteiger partial charge is 0.270 e. The van der Waals surface area contributed by atoms with Gasteiger partial charge in [-0.05, 0) is 41.5 Å². The number of benzene rings is 1. The van der Waals surface area contributed by atoms with E-state index in [0.717, 1.165) is 15.7 Å². The van der Waals surface area contributed by atoms with Gasteiger partial charge in [-0.15, -0.1) is 0 Å².